The van der Waals surface area contributed by atoms with Crippen LogP contribution in [0.1, 0.15) is 96.8 Å². The van der Waals surface area contributed by atoms with Crippen molar-refractivity contribution in [2.24, 2.45) is 0 Å². The van der Waals surface area contributed by atoms with Gasteiger partial charge in [-0.1, -0.05) is 90.4 Å². The summed E-state index contributed by atoms with van der Waals surface area (Å²) in [5.41, 5.74) is 0. The molecule has 0 bridgehead atoms. The summed E-state index contributed by atoms with van der Waals surface area (Å²) in [5, 5.41) is 41.7. The third kappa shape index (κ3) is 10.5. The molecule has 1 fully saturated rings. The van der Waals surface area contributed by atoms with E-state index in [9.17, 15) is 20.4 Å². The van der Waals surface area contributed by atoms with Gasteiger partial charge in [-0.2, -0.15) is 0 Å². The number of rotatable bonds is 17. The lowest BCUT2D eigenvalue weighted by Crippen LogP contribution is -2.62. The van der Waals surface area contributed by atoms with Crippen molar-refractivity contribution < 1.29 is 25.2 Å². The molecule has 28 heavy (non-hydrogen) atoms. The van der Waals surface area contributed by atoms with Crippen molar-refractivity contribution in [1.29, 1.82) is 0 Å². The molecule has 1 saturated heterocycles. The second-order valence-corrected chi connectivity index (χ2v) is 8.30. The number of hydrogen-bond acceptors (Lipinski definition) is 6. The zero-order valence-electron chi connectivity index (χ0n) is 17.9. The van der Waals surface area contributed by atoms with Crippen molar-refractivity contribution in [3.63, 3.8) is 0 Å². The van der Waals surface area contributed by atoms with Crippen molar-refractivity contribution in [2.75, 3.05) is 13.2 Å². The summed E-state index contributed by atoms with van der Waals surface area (Å²) in [5.74, 6) is 0. The molecule has 0 saturated carbocycles. The summed E-state index contributed by atoms with van der Waals surface area (Å²) in [7, 11) is 0. The second kappa shape index (κ2) is 16.5. The average molecular weight is 404 g/mol. The number of aliphatic hydroxyl groups is 4. The zero-order valence-corrected chi connectivity index (χ0v) is 17.9. The van der Waals surface area contributed by atoms with Crippen LogP contribution in [0.5, 0.6) is 0 Å². The van der Waals surface area contributed by atoms with Gasteiger partial charge in [-0.15, -0.1) is 0 Å². The predicted octanol–water partition coefficient (Wildman–Crippen LogP) is 2.86. The molecule has 0 amide bonds. The molecule has 0 aromatic heterocycles. The third-order valence-electron chi connectivity index (χ3n) is 5.77. The normalized spacial score (nSPS) is 28.0. The van der Waals surface area contributed by atoms with Crippen LogP contribution in [0.4, 0.5) is 0 Å². The Hall–Kier alpha value is -0.240. The molecule has 0 aliphatic carbocycles. The quantitative estimate of drug-likeness (QED) is 0.239. The Morgan fingerprint density at radius 1 is 0.643 bits per heavy atom. The van der Waals surface area contributed by atoms with Crippen LogP contribution in [0.25, 0.3) is 0 Å². The molecule has 5 N–H and O–H groups in total. The molecule has 1 aliphatic rings. The third-order valence-corrected chi connectivity index (χ3v) is 5.77. The summed E-state index contributed by atoms with van der Waals surface area (Å²) in [6.07, 6.45) is 12.9. The van der Waals surface area contributed by atoms with Gasteiger partial charge in [0, 0.05) is 0 Å². The van der Waals surface area contributed by atoms with Crippen LogP contribution in [0, 0.1) is 0 Å². The first-order valence-electron chi connectivity index (χ1n) is 11.7. The molecule has 168 valence electrons. The lowest BCUT2D eigenvalue weighted by molar-refractivity contribution is -0.236. The second-order valence-electron chi connectivity index (χ2n) is 8.30. The van der Waals surface area contributed by atoms with Crippen LogP contribution in [0.2, 0.25) is 0 Å². The summed E-state index contributed by atoms with van der Waals surface area (Å²) in [4.78, 5) is 0. The Morgan fingerprint density at radius 2 is 1.11 bits per heavy atom. The number of unbranched alkanes of at least 4 members (excludes halogenated alkanes) is 13. The smallest absolute Gasteiger partial charge is 0.137 e. The maximum Gasteiger partial charge on any atom is 0.137 e. The van der Waals surface area contributed by atoms with Gasteiger partial charge >= 0.3 is 0 Å². The van der Waals surface area contributed by atoms with Gasteiger partial charge < -0.3 is 25.2 Å². The molecule has 0 radical (unpaired) electrons. The van der Waals surface area contributed by atoms with Gasteiger partial charge in [0.05, 0.1) is 6.61 Å². The summed E-state index contributed by atoms with van der Waals surface area (Å²) >= 11 is 0. The van der Waals surface area contributed by atoms with Gasteiger partial charge in [0.25, 0.3) is 0 Å². The van der Waals surface area contributed by atoms with Crippen molar-refractivity contribution in [1.82, 2.24) is 5.32 Å². The van der Waals surface area contributed by atoms with Gasteiger partial charge in [0.15, 0.2) is 0 Å². The lowest BCUT2D eigenvalue weighted by Gasteiger charge is -2.40. The predicted molar refractivity (Wildman–Crippen MR) is 112 cm³/mol. The number of nitrogens with one attached hydrogen (secondary N) is 1. The minimum absolute atomic E-state index is 0.387. The summed E-state index contributed by atoms with van der Waals surface area (Å²) < 4.78 is 5.43. The van der Waals surface area contributed by atoms with Crippen LogP contribution in [0.3, 0.4) is 0 Å². The van der Waals surface area contributed by atoms with E-state index in [1.54, 1.807) is 0 Å². The first kappa shape index (κ1) is 25.8. The Labute approximate surface area is 171 Å². The van der Waals surface area contributed by atoms with Gasteiger partial charge in [-0.3, -0.25) is 5.32 Å². The molecular weight excluding hydrogens is 358 g/mol. The monoisotopic (exact) mass is 403 g/mol. The van der Waals surface area contributed by atoms with E-state index in [4.69, 9.17) is 4.74 Å². The van der Waals surface area contributed by atoms with E-state index < -0.39 is 30.6 Å². The van der Waals surface area contributed by atoms with Gasteiger partial charge in [0.1, 0.15) is 30.6 Å². The number of aliphatic hydroxyl groups excluding tert-OH is 4. The molecule has 0 aromatic rings. The number of ether oxygens (including phenoxy) is 1. The average Bonchev–Trinajstić information content (AvgIpc) is 2.70. The first-order valence-corrected chi connectivity index (χ1v) is 11.7. The van der Waals surface area contributed by atoms with Crippen molar-refractivity contribution in [3.8, 4) is 0 Å². The summed E-state index contributed by atoms with van der Waals surface area (Å²) in [6.45, 7) is 2.55. The molecule has 0 aromatic carbocycles. The molecule has 1 heterocycles. The Morgan fingerprint density at radius 3 is 1.57 bits per heavy atom. The first-order chi connectivity index (χ1) is 13.6. The molecule has 6 heteroatoms. The molecule has 1 unspecified atom stereocenters. The van der Waals surface area contributed by atoms with Crippen LogP contribution in [0.15, 0.2) is 0 Å². The van der Waals surface area contributed by atoms with Crippen LogP contribution < -0.4 is 5.32 Å². The van der Waals surface area contributed by atoms with Gasteiger partial charge in [0.2, 0.25) is 0 Å². The van der Waals surface area contributed by atoms with Crippen LogP contribution in [-0.4, -0.2) is 64.2 Å². The molecule has 1 rings (SSSR count). The summed E-state index contributed by atoms with van der Waals surface area (Å²) in [6, 6.07) is 0. The Bertz CT molecular complexity index is 356. The highest BCUT2D eigenvalue weighted by Crippen LogP contribution is 2.20. The fraction of sp³-hybridized carbons (Fsp3) is 1.00. The van der Waals surface area contributed by atoms with Crippen LogP contribution >= 0.6 is 0 Å². The largest absolute Gasteiger partial charge is 0.394 e. The SMILES string of the molecule is CCCCCCCCCCCCCCCCNC1O[C@H](CO)[C@@H](O)[C@H](O)[C@H]1O. The molecule has 6 nitrogen and oxygen atoms in total. The van der Waals surface area contributed by atoms with E-state index in [-0.39, 0.29) is 6.61 Å². The van der Waals surface area contributed by atoms with Gasteiger partial charge in [-0.05, 0) is 13.0 Å². The van der Waals surface area contributed by atoms with E-state index >= 15 is 0 Å². The highest BCUT2D eigenvalue weighted by Gasteiger charge is 2.42. The van der Waals surface area contributed by atoms with Crippen molar-refractivity contribution in [2.45, 2.75) is 127 Å². The van der Waals surface area contributed by atoms with Gasteiger partial charge in [-0.25, -0.2) is 0 Å². The molecular formula is C22H45NO5. The maximum atomic E-state index is 9.96. The fourth-order valence-corrected chi connectivity index (χ4v) is 3.83. The Kier molecular flexibility index (Phi) is 15.2. The molecule has 0 spiro atoms. The van der Waals surface area contributed by atoms with Crippen LogP contribution in [-0.2, 0) is 4.74 Å². The zero-order chi connectivity index (χ0) is 20.6. The minimum atomic E-state index is -1.31. The van der Waals surface area contributed by atoms with E-state index in [1.165, 1.54) is 77.0 Å². The lowest BCUT2D eigenvalue weighted by atomic mass is 9.98. The minimum Gasteiger partial charge on any atom is -0.394 e. The van der Waals surface area contributed by atoms with E-state index in [1.807, 2.05) is 0 Å². The van der Waals surface area contributed by atoms with Crippen molar-refractivity contribution >= 4 is 0 Å². The standard InChI is InChI=1S/C22H45NO5/c1-2-3-4-5-6-7-8-9-10-11-12-13-14-15-16-23-22-21(27)20(26)19(25)18(17-24)28-22/h18-27H,2-17H2,1H3/t18-,19-,20+,21-,22?/m1/s1. The fourth-order valence-electron chi connectivity index (χ4n) is 3.83. The molecule has 5 atom stereocenters. The molecule has 1 aliphatic heterocycles. The topological polar surface area (TPSA) is 102 Å². The van der Waals surface area contributed by atoms with E-state index in [2.05, 4.69) is 12.2 Å². The highest BCUT2D eigenvalue weighted by molar-refractivity contribution is 4.90. The maximum absolute atomic E-state index is 9.96. The van der Waals surface area contributed by atoms with E-state index in [0.717, 1.165) is 12.8 Å². The van der Waals surface area contributed by atoms with E-state index in [0.29, 0.717) is 6.54 Å². The highest BCUT2D eigenvalue weighted by atomic mass is 16.6. The van der Waals surface area contributed by atoms with Crippen molar-refractivity contribution in [3.05, 3.63) is 0 Å². The number of hydrogen-bond donors (Lipinski definition) is 5. The Balaban J connectivity index is 1.90.